The van der Waals surface area contributed by atoms with Gasteiger partial charge in [0.1, 0.15) is 5.76 Å². The summed E-state index contributed by atoms with van der Waals surface area (Å²) in [5.41, 5.74) is 0. The fourth-order valence-corrected chi connectivity index (χ4v) is 3.74. The fourth-order valence-electron chi connectivity index (χ4n) is 3.74. The molecule has 1 aromatic rings. The molecule has 3 rings (SSSR count). The molecular formula is C18H26N2O3. The third kappa shape index (κ3) is 4.36. The zero-order chi connectivity index (χ0) is 16.1. The lowest BCUT2D eigenvalue weighted by molar-refractivity contribution is -0.129. The Bertz CT molecular complexity index is 518. The van der Waals surface area contributed by atoms with Crippen molar-refractivity contribution in [3.8, 4) is 0 Å². The van der Waals surface area contributed by atoms with Crippen molar-refractivity contribution in [1.82, 2.24) is 10.2 Å². The second-order valence-corrected chi connectivity index (χ2v) is 6.74. The van der Waals surface area contributed by atoms with Crippen LogP contribution in [0.5, 0.6) is 0 Å². The van der Waals surface area contributed by atoms with Gasteiger partial charge in [-0.15, -0.1) is 0 Å². The van der Waals surface area contributed by atoms with E-state index >= 15 is 0 Å². The van der Waals surface area contributed by atoms with E-state index in [0.717, 1.165) is 18.6 Å². The van der Waals surface area contributed by atoms with Crippen LogP contribution in [0.15, 0.2) is 22.8 Å². The lowest BCUT2D eigenvalue weighted by Crippen LogP contribution is -2.40. The van der Waals surface area contributed by atoms with Gasteiger partial charge in [-0.3, -0.25) is 9.59 Å². The predicted octanol–water partition coefficient (Wildman–Crippen LogP) is 2.65. The Morgan fingerprint density at radius 2 is 2.04 bits per heavy atom. The van der Waals surface area contributed by atoms with Crippen molar-refractivity contribution in [2.24, 2.45) is 0 Å². The summed E-state index contributed by atoms with van der Waals surface area (Å²) in [5.74, 6) is 1.03. The zero-order valence-corrected chi connectivity index (χ0v) is 13.6. The Balaban J connectivity index is 1.46. The molecule has 0 unspecified atom stereocenters. The monoisotopic (exact) mass is 318 g/mol. The smallest absolute Gasteiger partial charge is 0.225 e. The number of furan rings is 1. The van der Waals surface area contributed by atoms with Crippen LogP contribution in [0, 0.1) is 0 Å². The Kier molecular flexibility index (Phi) is 5.36. The lowest BCUT2D eigenvalue weighted by Gasteiger charge is -2.27. The normalized spacial score (nSPS) is 23.0. The Morgan fingerprint density at radius 3 is 2.74 bits per heavy atom. The molecule has 5 heteroatoms. The average Bonchev–Trinajstić information content (AvgIpc) is 3.08. The first-order valence-corrected chi connectivity index (χ1v) is 8.83. The van der Waals surface area contributed by atoms with Crippen molar-refractivity contribution in [2.45, 2.75) is 69.9 Å². The van der Waals surface area contributed by atoms with Crippen molar-refractivity contribution >= 4 is 11.8 Å². The zero-order valence-electron chi connectivity index (χ0n) is 13.6. The maximum absolute atomic E-state index is 12.3. The van der Waals surface area contributed by atoms with E-state index in [1.54, 1.807) is 6.26 Å². The molecule has 1 saturated carbocycles. The summed E-state index contributed by atoms with van der Waals surface area (Å²) in [4.78, 5) is 26.4. The number of carbonyl (C=O) groups is 2. The van der Waals surface area contributed by atoms with E-state index < -0.39 is 0 Å². The van der Waals surface area contributed by atoms with E-state index in [9.17, 15) is 9.59 Å². The van der Waals surface area contributed by atoms with E-state index in [2.05, 4.69) is 5.32 Å². The number of hydrogen-bond donors (Lipinski definition) is 1. The summed E-state index contributed by atoms with van der Waals surface area (Å²) in [5, 5.41) is 3.01. The van der Waals surface area contributed by atoms with E-state index in [-0.39, 0.29) is 17.9 Å². The minimum absolute atomic E-state index is 0.00177. The quantitative estimate of drug-likeness (QED) is 0.849. The first-order valence-electron chi connectivity index (χ1n) is 8.83. The number of nitrogens with zero attached hydrogens (tertiary/aromatic N) is 1. The number of carbonyl (C=O) groups excluding carboxylic acids is 2. The number of amides is 2. The molecule has 1 saturated heterocycles. The molecule has 2 amide bonds. The highest BCUT2D eigenvalue weighted by Gasteiger charge is 2.34. The molecule has 1 atom stereocenters. The van der Waals surface area contributed by atoms with Gasteiger partial charge < -0.3 is 14.6 Å². The second-order valence-electron chi connectivity index (χ2n) is 6.74. The molecule has 2 fully saturated rings. The van der Waals surface area contributed by atoms with Crippen LogP contribution in [0.3, 0.4) is 0 Å². The summed E-state index contributed by atoms with van der Waals surface area (Å²) < 4.78 is 5.24. The molecule has 1 N–H and O–H groups in total. The molecule has 2 heterocycles. The largest absolute Gasteiger partial charge is 0.469 e. The van der Waals surface area contributed by atoms with Crippen LogP contribution < -0.4 is 5.32 Å². The van der Waals surface area contributed by atoms with Crippen molar-refractivity contribution in [3.05, 3.63) is 24.2 Å². The van der Waals surface area contributed by atoms with Gasteiger partial charge in [-0.1, -0.05) is 25.7 Å². The maximum Gasteiger partial charge on any atom is 0.225 e. The van der Waals surface area contributed by atoms with Crippen LogP contribution in [0.2, 0.25) is 0 Å². The molecule has 1 aliphatic heterocycles. The van der Waals surface area contributed by atoms with Gasteiger partial charge in [0.25, 0.3) is 0 Å². The van der Waals surface area contributed by atoms with Crippen LogP contribution in [0.4, 0.5) is 0 Å². The Hall–Kier alpha value is -1.78. The summed E-state index contributed by atoms with van der Waals surface area (Å²) in [6.07, 6.45) is 10.3. The first kappa shape index (κ1) is 16.1. The number of nitrogens with one attached hydrogen (secondary N) is 1. The SMILES string of the molecule is O=C(CCc1ccco1)N[C@H]1CC(=O)N(C2CCCCCC2)C1. The van der Waals surface area contributed by atoms with E-state index in [1.807, 2.05) is 17.0 Å². The summed E-state index contributed by atoms with van der Waals surface area (Å²) in [6, 6.07) is 4.05. The first-order chi connectivity index (χ1) is 11.2. The third-order valence-electron chi connectivity index (χ3n) is 4.97. The molecule has 2 aliphatic rings. The van der Waals surface area contributed by atoms with Crippen molar-refractivity contribution in [1.29, 1.82) is 0 Å². The van der Waals surface area contributed by atoms with Gasteiger partial charge >= 0.3 is 0 Å². The number of hydrogen-bond acceptors (Lipinski definition) is 3. The van der Waals surface area contributed by atoms with Crippen molar-refractivity contribution in [3.63, 3.8) is 0 Å². The molecule has 23 heavy (non-hydrogen) atoms. The van der Waals surface area contributed by atoms with Crippen LogP contribution >= 0.6 is 0 Å². The number of likely N-dealkylation sites (tertiary alicyclic amines) is 1. The van der Waals surface area contributed by atoms with Gasteiger partial charge in [-0.05, 0) is 25.0 Å². The van der Waals surface area contributed by atoms with Gasteiger partial charge in [-0.25, -0.2) is 0 Å². The van der Waals surface area contributed by atoms with Gasteiger partial charge in [-0.2, -0.15) is 0 Å². The van der Waals surface area contributed by atoms with Crippen LogP contribution in [-0.4, -0.2) is 35.3 Å². The molecule has 126 valence electrons. The van der Waals surface area contributed by atoms with Gasteiger partial charge in [0.05, 0.1) is 12.3 Å². The highest BCUT2D eigenvalue weighted by atomic mass is 16.3. The van der Waals surface area contributed by atoms with Crippen LogP contribution in [0.25, 0.3) is 0 Å². The number of rotatable bonds is 5. The van der Waals surface area contributed by atoms with Crippen molar-refractivity contribution < 1.29 is 14.0 Å². The molecule has 0 radical (unpaired) electrons. The van der Waals surface area contributed by atoms with Gasteiger partial charge in [0, 0.05) is 31.8 Å². The molecule has 0 bridgehead atoms. The predicted molar refractivity (Wildman–Crippen MR) is 86.8 cm³/mol. The molecule has 5 nitrogen and oxygen atoms in total. The second kappa shape index (κ2) is 7.66. The Morgan fingerprint density at radius 1 is 1.26 bits per heavy atom. The van der Waals surface area contributed by atoms with E-state index in [1.165, 1.54) is 25.7 Å². The summed E-state index contributed by atoms with van der Waals surface area (Å²) >= 11 is 0. The standard InChI is InChI=1S/C18H26N2O3/c21-17(10-9-16-8-5-11-23-16)19-14-12-18(22)20(13-14)15-6-3-1-2-4-7-15/h5,8,11,14-15H,1-4,6-7,9-10,12-13H2,(H,19,21)/t14-/m0/s1. The lowest BCUT2D eigenvalue weighted by atomic mass is 10.1. The van der Waals surface area contributed by atoms with Gasteiger partial charge in [0.15, 0.2) is 0 Å². The topological polar surface area (TPSA) is 62.6 Å². The molecule has 1 aromatic heterocycles. The third-order valence-corrected chi connectivity index (χ3v) is 4.97. The molecular weight excluding hydrogens is 292 g/mol. The maximum atomic E-state index is 12.3. The minimum Gasteiger partial charge on any atom is -0.469 e. The Labute approximate surface area is 137 Å². The highest BCUT2D eigenvalue weighted by Crippen LogP contribution is 2.25. The van der Waals surface area contributed by atoms with Crippen LogP contribution in [0.1, 0.15) is 57.1 Å². The average molecular weight is 318 g/mol. The number of aryl methyl sites for hydroxylation is 1. The van der Waals surface area contributed by atoms with E-state index in [4.69, 9.17) is 4.42 Å². The fraction of sp³-hybridized carbons (Fsp3) is 0.667. The van der Waals surface area contributed by atoms with Crippen LogP contribution in [-0.2, 0) is 16.0 Å². The minimum atomic E-state index is -0.0325. The highest BCUT2D eigenvalue weighted by molar-refractivity contribution is 5.82. The molecule has 1 aliphatic carbocycles. The van der Waals surface area contributed by atoms with Crippen molar-refractivity contribution in [2.75, 3.05) is 6.54 Å². The summed E-state index contributed by atoms with van der Waals surface area (Å²) in [7, 11) is 0. The molecule has 0 aromatic carbocycles. The summed E-state index contributed by atoms with van der Waals surface area (Å²) in [6.45, 7) is 0.677. The molecule has 0 spiro atoms. The van der Waals surface area contributed by atoms with E-state index in [0.29, 0.717) is 31.8 Å². The van der Waals surface area contributed by atoms with Gasteiger partial charge in [0.2, 0.25) is 11.8 Å².